The first-order chi connectivity index (χ1) is 13.7. The molecule has 6 nitrogen and oxygen atoms in total. The number of hydrogen-bond donors (Lipinski definition) is 0. The van der Waals surface area contributed by atoms with E-state index in [-0.39, 0.29) is 5.91 Å². The summed E-state index contributed by atoms with van der Waals surface area (Å²) in [6.07, 6.45) is 7.21. The number of hydrogen-bond acceptors (Lipinski definition) is 4. The molecule has 6 heteroatoms. The Morgan fingerprint density at radius 2 is 1.96 bits per heavy atom. The molecule has 2 aromatic rings. The highest BCUT2D eigenvalue weighted by Crippen LogP contribution is 2.32. The molecule has 3 aliphatic rings. The summed E-state index contributed by atoms with van der Waals surface area (Å²) >= 11 is 0. The zero-order valence-corrected chi connectivity index (χ0v) is 16.7. The molecule has 0 atom stereocenters. The summed E-state index contributed by atoms with van der Waals surface area (Å²) < 4.78 is 1.88. The quantitative estimate of drug-likeness (QED) is 0.820. The maximum Gasteiger partial charge on any atom is 0.276 e. The van der Waals surface area contributed by atoms with Crippen LogP contribution in [0, 0.1) is 12.8 Å². The van der Waals surface area contributed by atoms with Gasteiger partial charge in [0.25, 0.3) is 5.91 Å². The zero-order valence-electron chi connectivity index (χ0n) is 16.7. The van der Waals surface area contributed by atoms with E-state index >= 15 is 0 Å². The summed E-state index contributed by atoms with van der Waals surface area (Å²) in [6, 6.07) is 6.47. The molecule has 1 saturated carbocycles. The summed E-state index contributed by atoms with van der Waals surface area (Å²) in [7, 11) is 0. The van der Waals surface area contributed by atoms with Crippen molar-refractivity contribution in [1.29, 1.82) is 0 Å². The van der Waals surface area contributed by atoms with Crippen LogP contribution in [-0.2, 0) is 13.0 Å². The largest absolute Gasteiger partial charge is 0.337 e. The summed E-state index contributed by atoms with van der Waals surface area (Å²) in [4.78, 5) is 17.4. The lowest BCUT2D eigenvalue weighted by Gasteiger charge is -2.30. The summed E-state index contributed by atoms with van der Waals surface area (Å²) in [5.74, 6) is 0.953. The van der Waals surface area contributed by atoms with Crippen molar-refractivity contribution in [3.05, 3.63) is 40.7 Å². The first-order valence-electron chi connectivity index (χ1n) is 10.8. The highest BCUT2D eigenvalue weighted by molar-refractivity contribution is 5.93. The molecule has 2 fully saturated rings. The molecule has 0 unspecified atom stereocenters. The Hall–Kier alpha value is -2.21. The number of piperidine rings is 1. The smallest absolute Gasteiger partial charge is 0.276 e. The number of carbonyl (C=O) groups is 1. The van der Waals surface area contributed by atoms with Gasteiger partial charge in [0.2, 0.25) is 0 Å². The molecule has 148 valence electrons. The van der Waals surface area contributed by atoms with Crippen LogP contribution in [0.4, 0.5) is 0 Å². The second-order valence-corrected chi connectivity index (χ2v) is 8.63. The zero-order chi connectivity index (χ0) is 19.1. The van der Waals surface area contributed by atoms with E-state index in [0.29, 0.717) is 5.69 Å². The predicted octanol–water partition coefficient (Wildman–Crippen LogP) is 2.97. The van der Waals surface area contributed by atoms with Crippen molar-refractivity contribution < 1.29 is 4.79 Å². The average molecular weight is 380 g/mol. The van der Waals surface area contributed by atoms with Gasteiger partial charge in [-0.2, -0.15) is 0 Å². The van der Waals surface area contributed by atoms with Gasteiger partial charge in [-0.3, -0.25) is 9.69 Å². The fourth-order valence-electron chi connectivity index (χ4n) is 4.67. The lowest BCUT2D eigenvalue weighted by Crippen LogP contribution is -2.36. The predicted molar refractivity (Wildman–Crippen MR) is 108 cm³/mol. The van der Waals surface area contributed by atoms with Gasteiger partial charge in [-0.25, -0.2) is 4.68 Å². The molecule has 1 saturated heterocycles. The van der Waals surface area contributed by atoms with Crippen molar-refractivity contribution in [3.8, 4) is 5.69 Å². The van der Waals surface area contributed by atoms with Gasteiger partial charge in [-0.15, -0.1) is 5.10 Å². The van der Waals surface area contributed by atoms with Gasteiger partial charge in [0.1, 0.15) is 0 Å². The highest BCUT2D eigenvalue weighted by atomic mass is 16.2. The van der Waals surface area contributed by atoms with E-state index in [1.807, 2.05) is 16.5 Å². The van der Waals surface area contributed by atoms with Crippen molar-refractivity contribution >= 4 is 5.91 Å². The first kappa shape index (κ1) is 17.9. The lowest BCUT2D eigenvalue weighted by atomic mass is 9.97. The van der Waals surface area contributed by atoms with Crippen molar-refractivity contribution in [2.24, 2.45) is 5.92 Å². The minimum Gasteiger partial charge on any atom is -0.337 e. The second kappa shape index (κ2) is 7.32. The molecule has 0 spiro atoms. The van der Waals surface area contributed by atoms with E-state index in [9.17, 15) is 4.79 Å². The van der Waals surface area contributed by atoms with Gasteiger partial charge in [0.15, 0.2) is 5.69 Å². The molecule has 5 rings (SSSR count). The Labute approximate surface area is 166 Å². The molecule has 0 radical (unpaired) electrons. The Morgan fingerprint density at radius 3 is 2.75 bits per heavy atom. The van der Waals surface area contributed by atoms with E-state index in [1.54, 1.807) is 0 Å². The number of likely N-dealkylation sites (tertiary alicyclic amines) is 1. The Kier molecular flexibility index (Phi) is 4.67. The summed E-state index contributed by atoms with van der Waals surface area (Å²) in [6.45, 7) is 7.01. The molecule has 0 bridgehead atoms. The first-order valence-corrected chi connectivity index (χ1v) is 10.8. The number of nitrogens with zero attached hydrogens (tertiary/aromatic N) is 5. The summed E-state index contributed by atoms with van der Waals surface area (Å²) in [5, 5.41) is 8.68. The number of carbonyl (C=O) groups excluding carboxylic acids is 1. The molecule has 3 heterocycles. The fourth-order valence-corrected chi connectivity index (χ4v) is 4.67. The second-order valence-electron chi connectivity index (χ2n) is 8.63. The van der Waals surface area contributed by atoms with Gasteiger partial charge in [-0.1, -0.05) is 17.3 Å². The average Bonchev–Trinajstić information content (AvgIpc) is 3.47. The van der Waals surface area contributed by atoms with Crippen molar-refractivity contribution in [2.75, 3.05) is 26.2 Å². The Morgan fingerprint density at radius 1 is 1.14 bits per heavy atom. The van der Waals surface area contributed by atoms with Crippen LogP contribution < -0.4 is 0 Å². The standard InChI is InChI=1S/C22H29N5O/c1-16-21(22(28)26-11-3-2-4-12-26)23-24-27(16)20-7-5-6-18-15-25(13-10-19(18)20)14-17-8-9-17/h5-7,17H,2-4,8-15H2,1H3. The number of fused-ring (bicyclic) bond motifs is 1. The van der Waals surface area contributed by atoms with Gasteiger partial charge < -0.3 is 4.90 Å². The molecule has 1 aromatic heterocycles. The third-order valence-corrected chi connectivity index (χ3v) is 6.50. The fraction of sp³-hybridized carbons (Fsp3) is 0.591. The number of amides is 1. The molecule has 1 aromatic carbocycles. The van der Waals surface area contributed by atoms with Crippen LogP contribution in [0.25, 0.3) is 5.69 Å². The van der Waals surface area contributed by atoms with Crippen molar-refractivity contribution in [1.82, 2.24) is 24.8 Å². The highest BCUT2D eigenvalue weighted by Gasteiger charge is 2.28. The van der Waals surface area contributed by atoms with Crippen LogP contribution >= 0.6 is 0 Å². The van der Waals surface area contributed by atoms with E-state index in [0.717, 1.165) is 62.7 Å². The van der Waals surface area contributed by atoms with Crippen LogP contribution in [0.2, 0.25) is 0 Å². The van der Waals surface area contributed by atoms with Crippen LogP contribution in [0.3, 0.4) is 0 Å². The topological polar surface area (TPSA) is 54.3 Å². The third kappa shape index (κ3) is 3.34. The van der Waals surface area contributed by atoms with Crippen molar-refractivity contribution in [2.45, 2.75) is 52.0 Å². The van der Waals surface area contributed by atoms with Crippen LogP contribution in [0.1, 0.15) is 59.4 Å². The lowest BCUT2D eigenvalue weighted by molar-refractivity contribution is 0.0717. The van der Waals surface area contributed by atoms with Crippen LogP contribution in [0.15, 0.2) is 18.2 Å². The third-order valence-electron chi connectivity index (χ3n) is 6.50. The molecule has 2 aliphatic heterocycles. The van der Waals surface area contributed by atoms with Crippen molar-refractivity contribution in [3.63, 3.8) is 0 Å². The number of benzene rings is 1. The normalized spacial score (nSPS) is 20.2. The van der Waals surface area contributed by atoms with Gasteiger partial charge in [0, 0.05) is 32.7 Å². The maximum atomic E-state index is 12.9. The van der Waals surface area contributed by atoms with Gasteiger partial charge in [0.05, 0.1) is 11.4 Å². The Balaban J connectivity index is 1.41. The SMILES string of the molecule is Cc1c(C(=O)N2CCCCC2)nnn1-c1cccc2c1CCN(CC1CC1)C2. The molecule has 0 N–H and O–H groups in total. The maximum absolute atomic E-state index is 12.9. The molecule has 28 heavy (non-hydrogen) atoms. The number of rotatable bonds is 4. The van der Waals surface area contributed by atoms with Crippen LogP contribution in [0.5, 0.6) is 0 Å². The molecule has 1 amide bonds. The minimum atomic E-state index is 0.0313. The summed E-state index contributed by atoms with van der Waals surface area (Å²) in [5.41, 5.74) is 5.20. The molecular weight excluding hydrogens is 350 g/mol. The van der Waals surface area contributed by atoms with E-state index in [2.05, 4.69) is 33.4 Å². The van der Waals surface area contributed by atoms with E-state index in [1.165, 1.54) is 36.9 Å². The van der Waals surface area contributed by atoms with E-state index in [4.69, 9.17) is 0 Å². The Bertz CT molecular complexity index is 879. The van der Waals surface area contributed by atoms with Gasteiger partial charge >= 0.3 is 0 Å². The molecule has 1 aliphatic carbocycles. The van der Waals surface area contributed by atoms with E-state index < -0.39 is 0 Å². The number of aromatic nitrogens is 3. The minimum absolute atomic E-state index is 0.0313. The van der Waals surface area contributed by atoms with Crippen LogP contribution in [-0.4, -0.2) is 56.9 Å². The van der Waals surface area contributed by atoms with Gasteiger partial charge in [-0.05, 0) is 68.6 Å². The molecular formula is C22H29N5O. The monoisotopic (exact) mass is 379 g/mol.